The number of H-pyrrole nitrogens is 1. The van der Waals surface area contributed by atoms with Crippen LogP contribution in [0.1, 0.15) is 27.2 Å². The highest BCUT2D eigenvalue weighted by atomic mass is 35.5. The first-order valence-corrected chi connectivity index (χ1v) is 6.60. The van der Waals surface area contributed by atoms with Gasteiger partial charge in [-0.1, -0.05) is 38.4 Å². The predicted octanol–water partition coefficient (Wildman–Crippen LogP) is 4.79. The van der Waals surface area contributed by atoms with E-state index in [2.05, 4.69) is 30.3 Å². The molecular weight excluding hydrogens is 252 g/mol. The van der Waals surface area contributed by atoms with Crippen LogP contribution in [0, 0.1) is 10.2 Å². The molecule has 92 valence electrons. The van der Waals surface area contributed by atoms with Gasteiger partial charge in [0.1, 0.15) is 0 Å². The van der Waals surface area contributed by atoms with Gasteiger partial charge in [-0.25, -0.2) is 0 Å². The minimum Gasteiger partial charge on any atom is -0.331 e. The molecule has 2 nitrogen and oxygen atoms in total. The van der Waals surface area contributed by atoms with Crippen molar-refractivity contribution in [1.82, 2.24) is 9.55 Å². The lowest BCUT2D eigenvalue weighted by molar-refractivity contribution is 0.297. The second-order valence-corrected chi connectivity index (χ2v) is 5.96. The minimum atomic E-state index is 0.215. The summed E-state index contributed by atoms with van der Waals surface area (Å²) in [6.45, 7) is 7.56. The molecule has 1 aromatic carbocycles. The van der Waals surface area contributed by atoms with Crippen molar-refractivity contribution < 1.29 is 0 Å². The largest absolute Gasteiger partial charge is 0.331 e. The van der Waals surface area contributed by atoms with Gasteiger partial charge in [0.05, 0.1) is 16.1 Å². The molecular formula is C13H17ClN2S. The Labute approximate surface area is 112 Å². The monoisotopic (exact) mass is 268 g/mol. The summed E-state index contributed by atoms with van der Waals surface area (Å²) in [7, 11) is 0. The third-order valence-electron chi connectivity index (χ3n) is 3.29. The number of para-hydroxylation sites is 1. The van der Waals surface area contributed by atoms with Crippen LogP contribution in [-0.4, -0.2) is 9.55 Å². The molecule has 1 heterocycles. The summed E-state index contributed by atoms with van der Waals surface area (Å²) in [4.78, 5) is 3.21. The molecule has 0 amide bonds. The van der Waals surface area contributed by atoms with Crippen molar-refractivity contribution in [2.24, 2.45) is 5.41 Å². The summed E-state index contributed by atoms with van der Waals surface area (Å²) in [5.74, 6) is 0. The molecule has 2 aromatic rings. The van der Waals surface area contributed by atoms with Crippen molar-refractivity contribution in [2.75, 3.05) is 0 Å². The summed E-state index contributed by atoms with van der Waals surface area (Å²) >= 11 is 11.6. The number of rotatable bonds is 3. The van der Waals surface area contributed by atoms with Crippen LogP contribution in [0.2, 0.25) is 5.02 Å². The number of fused-ring (bicyclic) bond motifs is 1. The normalized spacial score (nSPS) is 12.2. The zero-order chi connectivity index (χ0) is 12.6. The number of halogens is 1. The number of benzene rings is 1. The lowest BCUT2D eigenvalue weighted by Gasteiger charge is -2.23. The molecule has 0 aliphatic rings. The summed E-state index contributed by atoms with van der Waals surface area (Å²) in [5, 5.41) is 0.752. The fourth-order valence-electron chi connectivity index (χ4n) is 1.87. The number of aromatic amines is 1. The minimum absolute atomic E-state index is 0.215. The van der Waals surface area contributed by atoms with Gasteiger partial charge in [0.15, 0.2) is 4.77 Å². The third kappa shape index (κ3) is 2.40. The van der Waals surface area contributed by atoms with E-state index in [1.54, 1.807) is 0 Å². The fraction of sp³-hybridized carbons (Fsp3) is 0.462. The van der Waals surface area contributed by atoms with Crippen molar-refractivity contribution in [3.8, 4) is 0 Å². The second-order valence-electron chi connectivity index (χ2n) is 5.17. The molecule has 2 rings (SSSR count). The van der Waals surface area contributed by atoms with E-state index in [0.717, 1.165) is 33.8 Å². The zero-order valence-electron chi connectivity index (χ0n) is 10.4. The van der Waals surface area contributed by atoms with Gasteiger partial charge >= 0.3 is 0 Å². The van der Waals surface area contributed by atoms with Gasteiger partial charge in [-0.05, 0) is 36.2 Å². The first-order valence-electron chi connectivity index (χ1n) is 5.81. The molecule has 0 aliphatic carbocycles. The molecule has 0 saturated carbocycles. The molecule has 0 aliphatic heterocycles. The Hall–Kier alpha value is -0.800. The standard InChI is InChI=1S/C13H17ClN2S/c1-4-13(2,3)8-16-11-9(14)6-5-7-10(11)15-12(16)17/h5-7H,4,8H2,1-3H3,(H,15,17). The zero-order valence-corrected chi connectivity index (χ0v) is 12.0. The highest BCUT2D eigenvalue weighted by Crippen LogP contribution is 2.28. The third-order valence-corrected chi connectivity index (χ3v) is 3.91. The lowest BCUT2D eigenvalue weighted by Crippen LogP contribution is -2.18. The van der Waals surface area contributed by atoms with Crippen molar-refractivity contribution in [3.63, 3.8) is 0 Å². The summed E-state index contributed by atoms with van der Waals surface area (Å²) in [6.07, 6.45) is 1.10. The average molecular weight is 269 g/mol. The van der Waals surface area contributed by atoms with Crippen LogP contribution in [-0.2, 0) is 6.54 Å². The quantitative estimate of drug-likeness (QED) is 0.794. The van der Waals surface area contributed by atoms with Gasteiger partial charge in [-0.2, -0.15) is 0 Å². The van der Waals surface area contributed by atoms with E-state index in [-0.39, 0.29) is 5.41 Å². The molecule has 4 heteroatoms. The van der Waals surface area contributed by atoms with E-state index in [1.165, 1.54) is 0 Å². The molecule has 17 heavy (non-hydrogen) atoms. The van der Waals surface area contributed by atoms with Gasteiger partial charge in [-0.15, -0.1) is 0 Å². The molecule has 0 atom stereocenters. The number of aromatic nitrogens is 2. The Balaban J connectivity index is 2.61. The SMILES string of the molecule is CCC(C)(C)Cn1c(=S)[nH]c2cccc(Cl)c21. The molecule has 1 N–H and O–H groups in total. The lowest BCUT2D eigenvalue weighted by atomic mass is 9.90. The van der Waals surface area contributed by atoms with Gasteiger partial charge in [-0.3, -0.25) is 0 Å². The van der Waals surface area contributed by atoms with E-state index in [9.17, 15) is 0 Å². The molecule has 0 radical (unpaired) electrons. The van der Waals surface area contributed by atoms with Crippen molar-refractivity contribution >= 4 is 34.9 Å². The molecule has 0 fully saturated rings. The predicted molar refractivity (Wildman–Crippen MR) is 76.2 cm³/mol. The van der Waals surface area contributed by atoms with E-state index >= 15 is 0 Å². The Bertz CT molecular complexity index is 595. The maximum Gasteiger partial charge on any atom is 0.178 e. The Morgan fingerprint density at radius 3 is 2.76 bits per heavy atom. The van der Waals surface area contributed by atoms with Gasteiger partial charge < -0.3 is 9.55 Å². The van der Waals surface area contributed by atoms with Gasteiger partial charge in [0, 0.05) is 6.54 Å². The van der Waals surface area contributed by atoms with Crippen LogP contribution in [0.15, 0.2) is 18.2 Å². The van der Waals surface area contributed by atoms with Crippen molar-refractivity contribution in [1.29, 1.82) is 0 Å². The molecule has 0 saturated heterocycles. The van der Waals surface area contributed by atoms with Crippen LogP contribution in [0.25, 0.3) is 11.0 Å². The first-order chi connectivity index (χ1) is 7.94. The summed E-state index contributed by atoms with van der Waals surface area (Å²) in [6, 6.07) is 5.85. The highest BCUT2D eigenvalue weighted by molar-refractivity contribution is 7.71. The topological polar surface area (TPSA) is 20.7 Å². The second kappa shape index (κ2) is 4.46. The molecule has 0 unspecified atom stereocenters. The van der Waals surface area contributed by atoms with Gasteiger partial charge in [0.2, 0.25) is 0 Å². The molecule has 0 spiro atoms. The summed E-state index contributed by atoms with van der Waals surface area (Å²) in [5.41, 5.74) is 2.24. The average Bonchev–Trinajstić information content (AvgIpc) is 2.56. The smallest absolute Gasteiger partial charge is 0.178 e. The number of nitrogens with zero attached hydrogens (tertiary/aromatic N) is 1. The first kappa shape index (κ1) is 12.7. The summed E-state index contributed by atoms with van der Waals surface area (Å²) < 4.78 is 2.85. The van der Waals surface area contributed by atoms with E-state index in [1.807, 2.05) is 18.2 Å². The van der Waals surface area contributed by atoms with E-state index in [4.69, 9.17) is 23.8 Å². The van der Waals surface area contributed by atoms with Crippen LogP contribution in [0.5, 0.6) is 0 Å². The van der Waals surface area contributed by atoms with Crippen LogP contribution < -0.4 is 0 Å². The van der Waals surface area contributed by atoms with Crippen LogP contribution in [0.3, 0.4) is 0 Å². The number of hydrogen-bond donors (Lipinski definition) is 1. The van der Waals surface area contributed by atoms with E-state index in [0.29, 0.717) is 0 Å². The maximum absolute atomic E-state index is 6.26. The number of imidazole rings is 1. The number of nitrogens with one attached hydrogen (secondary N) is 1. The number of hydrogen-bond acceptors (Lipinski definition) is 1. The maximum atomic E-state index is 6.26. The van der Waals surface area contributed by atoms with Gasteiger partial charge in [0.25, 0.3) is 0 Å². The van der Waals surface area contributed by atoms with Crippen molar-refractivity contribution in [2.45, 2.75) is 33.7 Å². The van der Waals surface area contributed by atoms with Crippen LogP contribution >= 0.6 is 23.8 Å². The van der Waals surface area contributed by atoms with Crippen molar-refractivity contribution in [3.05, 3.63) is 28.0 Å². The highest BCUT2D eigenvalue weighted by Gasteiger charge is 2.18. The Morgan fingerprint density at radius 1 is 1.41 bits per heavy atom. The van der Waals surface area contributed by atoms with Crippen LogP contribution in [0.4, 0.5) is 0 Å². The Morgan fingerprint density at radius 2 is 2.12 bits per heavy atom. The fourth-order valence-corrected chi connectivity index (χ4v) is 2.41. The molecule has 1 aromatic heterocycles. The molecule has 0 bridgehead atoms. The Kier molecular flexibility index (Phi) is 3.32. The van der Waals surface area contributed by atoms with E-state index < -0.39 is 0 Å².